The molecule has 0 N–H and O–H groups in total. The van der Waals surface area contributed by atoms with Gasteiger partial charge in [0.1, 0.15) is 5.00 Å². The van der Waals surface area contributed by atoms with Crippen molar-refractivity contribution in [3.05, 3.63) is 48.8 Å². The average Bonchev–Trinajstić information content (AvgIpc) is 2.86. The van der Waals surface area contributed by atoms with E-state index in [1.165, 1.54) is 10.1 Å². The summed E-state index contributed by atoms with van der Waals surface area (Å²) in [4.78, 5) is 0. The number of hydrogen-bond donors (Lipinski definition) is 0. The van der Waals surface area contributed by atoms with E-state index in [0.717, 1.165) is 5.00 Å². The third kappa shape index (κ3) is 1.14. The lowest BCUT2D eigenvalue weighted by Crippen LogP contribution is -1.88. The number of nitrogens with zero attached hydrogens (tertiary/aromatic N) is 2. The SMILES string of the molecule is c1ccc2sc(-n3cccn3)cc2c1. The largest absolute Gasteiger partial charge is 0.231 e. The highest BCUT2D eigenvalue weighted by Crippen LogP contribution is 2.27. The van der Waals surface area contributed by atoms with Crippen molar-refractivity contribution in [1.82, 2.24) is 9.78 Å². The molecule has 0 aliphatic carbocycles. The fourth-order valence-electron chi connectivity index (χ4n) is 1.48. The van der Waals surface area contributed by atoms with Crippen molar-refractivity contribution in [3.63, 3.8) is 0 Å². The molecule has 68 valence electrons. The summed E-state index contributed by atoms with van der Waals surface area (Å²) < 4.78 is 3.20. The topological polar surface area (TPSA) is 17.8 Å². The Kier molecular flexibility index (Phi) is 1.64. The first kappa shape index (κ1) is 7.76. The Bertz CT molecular complexity index is 518. The van der Waals surface area contributed by atoms with Gasteiger partial charge in [-0.1, -0.05) is 18.2 Å². The molecule has 3 heteroatoms. The van der Waals surface area contributed by atoms with E-state index in [1.807, 2.05) is 16.9 Å². The average molecular weight is 200 g/mol. The van der Waals surface area contributed by atoms with Gasteiger partial charge in [-0.05, 0) is 23.6 Å². The molecule has 3 aromatic rings. The Labute approximate surface area is 85.4 Å². The molecule has 0 bridgehead atoms. The molecule has 0 aliphatic rings. The highest BCUT2D eigenvalue weighted by molar-refractivity contribution is 7.21. The number of benzene rings is 1. The van der Waals surface area contributed by atoms with Crippen molar-refractivity contribution in [2.75, 3.05) is 0 Å². The summed E-state index contributed by atoms with van der Waals surface area (Å²) in [6, 6.07) is 12.5. The van der Waals surface area contributed by atoms with Crippen molar-refractivity contribution in [2.24, 2.45) is 0 Å². The first-order valence-electron chi connectivity index (χ1n) is 4.42. The van der Waals surface area contributed by atoms with Gasteiger partial charge in [-0.3, -0.25) is 0 Å². The van der Waals surface area contributed by atoms with Crippen LogP contribution < -0.4 is 0 Å². The Morgan fingerprint density at radius 3 is 2.86 bits per heavy atom. The van der Waals surface area contributed by atoms with Gasteiger partial charge < -0.3 is 0 Å². The lowest BCUT2D eigenvalue weighted by molar-refractivity contribution is 0.898. The molecule has 0 amide bonds. The van der Waals surface area contributed by atoms with Crippen molar-refractivity contribution >= 4 is 21.4 Å². The maximum absolute atomic E-state index is 4.21. The first-order valence-corrected chi connectivity index (χ1v) is 5.24. The van der Waals surface area contributed by atoms with Gasteiger partial charge in [-0.2, -0.15) is 5.10 Å². The standard InChI is InChI=1S/C11H8N2S/c1-2-5-10-9(4-1)8-11(14-10)13-7-3-6-12-13/h1-8H. The molecule has 0 saturated carbocycles. The van der Waals surface area contributed by atoms with Gasteiger partial charge in [-0.15, -0.1) is 11.3 Å². The van der Waals surface area contributed by atoms with Crippen LogP contribution in [0.1, 0.15) is 0 Å². The second-order valence-corrected chi connectivity index (χ2v) is 4.14. The van der Waals surface area contributed by atoms with E-state index in [9.17, 15) is 0 Å². The van der Waals surface area contributed by atoms with Crippen LogP contribution in [0.5, 0.6) is 0 Å². The van der Waals surface area contributed by atoms with Gasteiger partial charge in [0.15, 0.2) is 0 Å². The van der Waals surface area contributed by atoms with Gasteiger partial charge in [-0.25, -0.2) is 4.68 Å². The zero-order valence-electron chi connectivity index (χ0n) is 7.42. The molecule has 0 unspecified atom stereocenters. The minimum Gasteiger partial charge on any atom is -0.231 e. The van der Waals surface area contributed by atoms with Crippen LogP contribution in [0.15, 0.2) is 48.8 Å². The van der Waals surface area contributed by atoms with E-state index in [0.29, 0.717) is 0 Å². The molecule has 0 aliphatic heterocycles. The van der Waals surface area contributed by atoms with E-state index in [4.69, 9.17) is 0 Å². The van der Waals surface area contributed by atoms with Crippen molar-refractivity contribution < 1.29 is 0 Å². The van der Waals surface area contributed by atoms with Crippen LogP contribution in [-0.4, -0.2) is 9.78 Å². The van der Waals surface area contributed by atoms with Crippen LogP contribution in [0.4, 0.5) is 0 Å². The molecule has 0 spiro atoms. The Hall–Kier alpha value is -1.61. The molecule has 0 atom stereocenters. The molecule has 1 aromatic carbocycles. The maximum Gasteiger partial charge on any atom is 0.118 e. The third-order valence-corrected chi connectivity index (χ3v) is 3.25. The van der Waals surface area contributed by atoms with E-state index in [2.05, 4.69) is 35.4 Å². The third-order valence-electron chi connectivity index (χ3n) is 2.14. The zero-order valence-corrected chi connectivity index (χ0v) is 8.24. The minimum absolute atomic E-state index is 1.16. The molecular formula is C11H8N2S. The Balaban J connectivity index is 2.24. The van der Waals surface area contributed by atoms with Crippen molar-refractivity contribution in [1.29, 1.82) is 0 Å². The van der Waals surface area contributed by atoms with Gasteiger partial charge in [0.2, 0.25) is 0 Å². The van der Waals surface area contributed by atoms with Crippen molar-refractivity contribution in [3.8, 4) is 5.00 Å². The number of thiophene rings is 1. The molecule has 0 saturated heterocycles. The molecule has 2 heterocycles. The molecule has 2 nitrogen and oxygen atoms in total. The van der Waals surface area contributed by atoms with Gasteiger partial charge in [0.05, 0.1) is 0 Å². The summed E-state index contributed by atoms with van der Waals surface area (Å²) in [6.45, 7) is 0. The van der Waals surface area contributed by atoms with Crippen LogP contribution in [-0.2, 0) is 0 Å². The molecular weight excluding hydrogens is 192 g/mol. The molecule has 2 aromatic heterocycles. The van der Waals surface area contributed by atoms with Gasteiger partial charge >= 0.3 is 0 Å². The number of rotatable bonds is 1. The Morgan fingerprint density at radius 2 is 2.07 bits per heavy atom. The monoisotopic (exact) mass is 200 g/mol. The molecule has 0 radical (unpaired) electrons. The fourth-order valence-corrected chi connectivity index (χ4v) is 2.48. The van der Waals surface area contributed by atoms with Gasteiger partial charge in [0.25, 0.3) is 0 Å². The van der Waals surface area contributed by atoms with Crippen molar-refractivity contribution in [2.45, 2.75) is 0 Å². The van der Waals surface area contributed by atoms with E-state index in [1.54, 1.807) is 17.5 Å². The summed E-state index contributed by atoms with van der Waals surface area (Å²) >= 11 is 1.76. The highest BCUT2D eigenvalue weighted by atomic mass is 32.1. The zero-order chi connectivity index (χ0) is 9.38. The van der Waals surface area contributed by atoms with Gasteiger partial charge in [0, 0.05) is 17.1 Å². The summed E-state index contributed by atoms with van der Waals surface area (Å²) in [7, 11) is 0. The Morgan fingerprint density at radius 1 is 1.14 bits per heavy atom. The fraction of sp³-hybridized carbons (Fsp3) is 0. The van der Waals surface area contributed by atoms with Crippen LogP contribution in [0, 0.1) is 0 Å². The molecule has 3 rings (SSSR count). The predicted molar refractivity (Wildman–Crippen MR) is 58.9 cm³/mol. The van der Waals surface area contributed by atoms with E-state index < -0.39 is 0 Å². The minimum atomic E-state index is 1.16. The van der Waals surface area contributed by atoms with Crippen LogP contribution in [0.3, 0.4) is 0 Å². The second kappa shape index (κ2) is 2.96. The number of hydrogen-bond acceptors (Lipinski definition) is 2. The second-order valence-electron chi connectivity index (χ2n) is 3.07. The predicted octanol–water partition coefficient (Wildman–Crippen LogP) is 3.09. The lowest BCUT2D eigenvalue weighted by atomic mass is 10.3. The first-order chi connectivity index (χ1) is 6.93. The highest BCUT2D eigenvalue weighted by Gasteiger charge is 2.01. The maximum atomic E-state index is 4.21. The number of fused-ring (bicyclic) bond motifs is 1. The number of aromatic nitrogens is 2. The van der Waals surface area contributed by atoms with Crippen LogP contribution in [0.2, 0.25) is 0 Å². The smallest absolute Gasteiger partial charge is 0.118 e. The van der Waals surface area contributed by atoms with Crippen LogP contribution >= 0.6 is 11.3 Å². The van der Waals surface area contributed by atoms with E-state index in [-0.39, 0.29) is 0 Å². The summed E-state index contributed by atoms with van der Waals surface area (Å²) in [5.74, 6) is 0. The van der Waals surface area contributed by atoms with Crippen LogP contribution in [0.25, 0.3) is 15.1 Å². The summed E-state index contributed by atoms with van der Waals surface area (Å²) in [5, 5.41) is 6.65. The molecule has 0 fully saturated rings. The summed E-state index contributed by atoms with van der Waals surface area (Å²) in [6.07, 6.45) is 3.76. The lowest BCUT2D eigenvalue weighted by Gasteiger charge is -1.91. The quantitative estimate of drug-likeness (QED) is 0.590. The normalized spacial score (nSPS) is 10.9. The van der Waals surface area contributed by atoms with E-state index >= 15 is 0 Å². The molecule has 14 heavy (non-hydrogen) atoms. The summed E-state index contributed by atoms with van der Waals surface area (Å²) in [5.41, 5.74) is 0.